The second-order valence-corrected chi connectivity index (χ2v) is 10.9. The molecule has 10 heteroatoms. The highest BCUT2D eigenvalue weighted by Crippen LogP contribution is 2.34. The Bertz CT molecular complexity index is 1620. The summed E-state index contributed by atoms with van der Waals surface area (Å²) in [5.74, 6) is 0.699. The normalized spacial score (nSPS) is 12.1. The van der Waals surface area contributed by atoms with Gasteiger partial charge in [0.25, 0.3) is 5.56 Å². The average Bonchev–Trinajstić information content (AvgIpc) is 2.92. The second-order valence-electron chi connectivity index (χ2n) is 8.86. The molecule has 0 unspecified atom stereocenters. The molecule has 39 heavy (non-hydrogen) atoms. The summed E-state index contributed by atoms with van der Waals surface area (Å²) >= 11 is 5.60. The maximum atomic E-state index is 13.4. The van der Waals surface area contributed by atoms with Crippen molar-refractivity contribution in [3.05, 3.63) is 95.5 Å². The van der Waals surface area contributed by atoms with Gasteiger partial charge in [-0.2, -0.15) is 9.78 Å². The lowest BCUT2D eigenvalue weighted by Gasteiger charge is -2.15. The molecule has 1 atom stereocenters. The van der Waals surface area contributed by atoms with Crippen LogP contribution in [-0.2, 0) is 6.61 Å². The second kappa shape index (κ2) is 12.7. The molecule has 0 aliphatic heterocycles. The maximum absolute atomic E-state index is 13.4. The monoisotopic (exact) mass is 703 g/mol. The number of hydrogen-bond acceptors (Lipinski definition) is 6. The summed E-state index contributed by atoms with van der Waals surface area (Å²) in [6.45, 7) is 6.54. The van der Waals surface area contributed by atoms with Gasteiger partial charge in [-0.05, 0) is 89.5 Å². The van der Waals surface area contributed by atoms with Gasteiger partial charge in [-0.25, -0.2) is 9.78 Å². The van der Waals surface area contributed by atoms with Gasteiger partial charge in [-0.3, -0.25) is 4.79 Å². The van der Waals surface area contributed by atoms with Crippen molar-refractivity contribution in [2.24, 2.45) is 5.10 Å². The van der Waals surface area contributed by atoms with E-state index in [1.165, 1.54) is 10.7 Å². The number of halogens is 2. The Hall–Kier alpha value is -3.25. The molecular weight excluding hydrogens is 677 g/mol. The van der Waals surface area contributed by atoms with E-state index in [1.807, 2.05) is 45.0 Å². The zero-order valence-electron chi connectivity index (χ0n) is 21.6. The third-order valence-corrected chi connectivity index (χ3v) is 7.39. The quantitative estimate of drug-likeness (QED) is 0.143. The van der Waals surface area contributed by atoms with Crippen LogP contribution in [0.1, 0.15) is 60.4 Å². The predicted octanol–water partition coefficient (Wildman–Crippen LogP) is 6.84. The lowest BCUT2D eigenvalue weighted by molar-refractivity contribution is 0.0696. The highest BCUT2D eigenvalue weighted by atomic mass is 127. The molecule has 4 rings (SSSR count). The van der Waals surface area contributed by atoms with Crippen LogP contribution in [0.2, 0.25) is 0 Å². The van der Waals surface area contributed by atoms with Crippen molar-refractivity contribution in [2.75, 3.05) is 6.61 Å². The number of hydrogen-bond donors (Lipinski definition) is 1. The van der Waals surface area contributed by atoms with Crippen molar-refractivity contribution in [3.63, 3.8) is 0 Å². The molecule has 0 amide bonds. The van der Waals surface area contributed by atoms with Crippen molar-refractivity contribution in [1.82, 2.24) is 9.66 Å². The first-order valence-corrected chi connectivity index (χ1v) is 14.3. The first-order chi connectivity index (χ1) is 18.7. The Morgan fingerprint density at radius 3 is 2.69 bits per heavy atom. The molecule has 8 nitrogen and oxygen atoms in total. The van der Waals surface area contributed by atoms with Gasteiger partial charge < -0.3 is 14.6 Å². The highest BCUT2D eigenvalue weighted by Gasteiger charge is 2.17. The molecule has 0 radical (unpaired) electrons. The van der Waals surface area contributed by atoms with Gasteiger partial charge >= 0.3 is 5.97 Å². The van der Waals surface area contributed by atoms with Crippen molar-refractivity contribution >= 4 is 61.6 Å². The van der Waals surface area contributed by atoms with Gasteiger partial charge in [0.15, 0.2) is 11.5 Å². The van der Waals surface area contributed by atoms with Gasteiger partial charge in [0, 0.05) is 10.4 Å². The molecule has 1 aromatic heterocycles. The van der Waals surface area contributed by atoms with E-state index in [9.17, 15) is 14.7 Å². The van der Waals surface area contributed by atoms with Gasteiger partial charge in [0.1, 0.15) is 12.4 Å². The Labute approximate surface area is 248 Å². The molecule has 0 fully saturated rings. The summed E-state index contributed by atoms with van der Waals surface area (Å²) in [5.41, 5.74) is 2.04. The topological polar surface area (TPSA) is 103 Å². The molecule has 1 heterocycles. The number of carboxylic acids is 1. The van der Waals surface area contributed by atoms with Crippen molar-refractivity contribution < 1.29 is 19.4 Å². The number of aromatic nitrogens is 2. The molecule has 4 aromatic rings. The van der Waals surface area contributed by atoms with Crippen LogP contribution in [-0.4, -0.2) is 33.6 Å². The van der Waals surface area contributed by atoms with Crippen LogP contribution in [0.15, 0.2) is 69.0 Å². The molecule has 1 N–H and O–H groups in total. The zero-order chi connectivity index (χ0) is 28.1. The first kappa shape index (κ1) is 28.8. The smallest absolute Gasteiger partial charge is 0.335 e. The number of rotatable bonds is 10. The molecule has 0 aliphatic carbocycles. The van der Waals surface area contributed by atoms with Crippen LogP contribution < -0.4 is 15.0 Å². The number of fused-ring (bicyclic) bond motifs is 1. The first-order valence-electron chi connectivity index (χ1n) is 12.4. The summed E-state index contributed by atoms with van der Waals surface area (Å²) in [7, 11) is 0. The van der Waals surface area contributed by atoms with Crippen molar-refractivity contribution in [3.8, 4) is 11.5 Å². The summed E-state index contributed by atoms with van der Waals surface area (Å²) in [5, 5.41) is 14.3. The van der Waals surface area contributed by atoms with E-state index in [0.29, 0.717) is 34.8 Å². The standard InChI is InChI=1S/C29H27BrIN3O5/c1-4-17(3)27-33-24-10-9-21(30)14-22(24)28(35)34(27)32-15-19-12-23(31)26(25(13-19)38-5-2)39-16-18-7-6-8-20(11-18)29(36)37/h6-15,17H,4-5,16H2,1-3H3,(H,36,37)/t17-/m1/s1. The van der Waals surface area contributed by atoms with E-state index in [-0.39, 0.29) is 23.6 Å². The fourth-order valence-electron chi connectivity index (χ4n) is 3.92. The number of nitrogens with zero attached hydrogens (tertiary/aromatic N) is 3. The summed E-state index contributed by atoms with van der Waals surface area (Å²) in [6.07, 6.45) is 2.42. The maximum Gasteiger partial charge on any atom is 0.335 e. The summed E-state index contributed by atoms with van der Waals surface area (Å²) in [6, 6.07) is 15.8. The zero-order valence-corrected chi connectivity index (χ0v) is 25.4. The van der Waals surface area contributed by atoms with Gasteiger partial charge in [0.2, 0.25) is 0 Å². The molecule has 0 spiro atoms. The molecular formula is C29H27BrIN3O5. The largest absolute Gasteiger partial charge is 0.490 e. The van der Waals surface area contributed by atoms with E-state index < -0.39 is 5.97 Å². The number of carboxylic acid groups (broad SMARTS) is 1. The van der Waals surface area contributed by atoms with Crippen LogP contribution in [0.5, 0.6) is 11.5 Å². The van der Waals surface area contributed by atoms with Crippen LogP contribution >= 0.6 is 38.5 Å². The van der Waals surface area contributed by atoms with Gasteiger partial charge in [0.05, 0.1) is 32.9 Å². The fraction of sp³-hybridized carbons (Fsp3) is 0.241. The SMILES string of the molecule is CCOc1cc(C=Nn2c([C@H](C)CC)nc3ccc(Br)cc3c2=O)cc(I)c1OCc1cccc(C(=O)O)c1. The lowest BCUT2D eigenvalue weighted by Crippen LogP contribution is -2.23. The predicted molar refractivity (Wildman–Crippen MR) is 163 cm³/mol. The Balaban J connectivity index is 1.69. The van der Waals surface area contributed by atoms with Crippen molar-refractivity contribution in [2.45, 2.75) is 39.7 Å². The molecule has 0 saturated heterocycles. The van der Waals surface area contributed by atoms with Gasteiger partial charge in [-0.1, -0.05) is 41.9 Å². The fourth-order valence-corrected chi connectivity index (χ4v) is 5.06. The van der Waals surface area contributed by atoms with Crippen LogP contribution in [0.4, 0.5) is 0 Å². The summed E-state index contributed by atoms with van der Waals surface area (Å²) in [4.78, 5) is 29.5. The third kappa shape index (κ3) is 6.67. The Kier molecular flexibility index (Phi) is 9.39. The van der Waals surface area contributed by atoms with Crippen LogP contribution in [0, 0.1) is 3.57 Å². The van der Waals surface area contributed by atoms with Crippen LogP contribution in [0.25, 0.3) is 10.9 Å². The highest BCUT2D eigenvalue weighted by molar-refractivity contribution is 14.1. The minimum Gasteiger partial charge on any atom is -0.490 e. The van der Waals surface area contributed by atoms with Crippen LogP contribution in [0.3, 0.4) is 0 Å². The van der Waals surface area contributed by atoms with E-state index in [0.717, 1.165) is 25.6 Å². The minimum absolute atomic E-state index is 0.0254. The molecule has 3 aromatic carbocycles. The number of benzene rings is 3. The van der Waals surface area contributed by atoms with E-state index in [2.05, 4.69) is 43.6 Å². The minimum atomic E-state index is -0.991. The Morgan fingerprint density at radius 2 is 1.97 bits per heavy atom. The lowest BCUT2D eigenvalue weighted by atomic mass is 10.1. The summed E-state index contributed by atoms with van der Waals surface area (Å²) < 4.78 is 14.9. The molecule has 202 valence electrons. The molecule has 0 aliphatic rings. The average molecular weight is 704 g/mol. The molecule has 0 bridgehead atoms. The van der Waals surface area contributed by atoms with E-state index >= 15 is 0 Å². The number of carbonyl (C=O) groups is 1. The van der Waals surface area contributed by atoms with Gasteiger partial charge in [-0.15, -0.1) is 0 Å². The van der Waals surface area contributed by atoms with E-state index in [4.69, 9.17) is 14.5 Å². The third-order valence-electron chi connectivity index (χ3n) is 6.10. The number of ether oxygens (including phenoxy) is 2. The Morgan fingerprint density at radius 1 is 1.18 bits per heavy atom. The van der Waals surface area contributed by atoms with Crippen molar-refractivity contribution in [1.29, 1.82) is 0 Å². The molecule has 0 saturated carbocycles. The van der Waals surface area contributed by atoms with E-state index in [1.54, 1.807) is 30.5 Å². The number of aromatic carboxylic acids is 1.